The Morgan fingerprint density at radius 3 is 2.65 bits per heavy atom. The van der Waals surface area contributed by atoms with Gasteiger partial charge in [0.05, 0.1) is 0 Å². The molecule has 0 unspecified atom stereocenters. The molecule has 1 nitrogen and oxygen atoms in total. The lowest BCUT2D eigenvalue weighted by molar-refractivity contribution is 0.104. The van der Waals surface area contributed by atoms with E-state index < -0.39 is 0 Å². The first-order valence-electron chi connectivity index (χ1n) is 5.68. The van der Waals surface area contributed by atoms with Crippen LogP contribution >= 0.6 is 0 Å². The number of fused-ring (bicyclic) bond motifs is 3. The van der Waals surface area contributed by atoms with Crippen molar-refractivity contribution in [1.29, 1.82) is 0 Å². The Kier molecular flexibility index (Phi) is 2.19. The van der Waals surface area contributed by atoms with Gasteiger partial charge in [-0.05, 0) is 34.8 Å². The van der Waals surface area contributed by atoms with Crippen molar-refractivity contribution in [3.8, 4) is 11.1 Å². The molecule has 1 aliphatic carbocycles. The van der Waals surface area contributed by atoms with E-state index >= 15 is 0 Å². The van der Waals surface area contributed by atoms with E-state index in [1.54, 1.807) is 0 Å². The van der Waals surface area contributed by atoms with E-state index in [0.29, 0.717) is 0 Å². The summed E-state index contributed by atoms with van der Waals surface area (Å²) < 4.78 is 0. The average molecular weight is 220 g/mol. The third-order valence-electron chi connectivity index (χ3n) is 3.30. The van der Waals surface area contributed by atoms with Crippen molar-refractivity contribution < 1.29 is 4.79 Å². The molecule has 0 aromatic heterocycles. The van der Waals surface area contributed by atoms with Gasteiger partial charge in [0.25, 0.3) is 0 Å². The molecule has 17 heavy (non-hydrogen) atoms. The summed E-state index contributed by atoms with van der Waals surface area (Å²) >= 11 is 0. The van der Waals surface area contributed by atoms with Gasteiger partial charge in [0.2, 0.25) is 0 Å². The summed E-state index contributed by atoms with van der Waals surface area (Å²) in [6, 6.07) is 14.2. The van der Waals surface area contributed by atoms with Crippen LogP contribution in [0.25, 0.3) is 11.1 Å². The molecule has 0 heterocycles. The molecule has 0 spiro atoms. The Hall–Kier alpha value is -2.15. The first-order chi connectivity index (χ1) is 8.31. The summed E-state index contributed by atoms with van der Waals surface area (Å²) in [6.45, 7) is 3.56. The molecule has 2 aromatic rings. The van der Waals surface area contributed by atoms with Gasteiger partial charge >= 0.3 is 0 Å². The highest BCUT2D eigenvalue weighted by molar-refractivity contribution is 6.07. The first-order valence-corrected chi connectivity index (χ1v) is 5.68. The Morgan fingerprint density at radius 1 is 1.06 bits per heavy atom. The normalized spacial score (nSPS) is 11.8. The maximum absolute atomic E-state index is 11.8. The Morgan fingerprint density at radius 2 is 1.82 bits per heavy atom. The molecular formula is C16H12O. The molecule has 1 aliphatic rings. The SMILES string of the molecule is C=CC(=O)c1cccc2c1Cc1ccccc1-2. The molecule has 3 rings (SSSR count). The molecule has 0 fully saturated rings. The fourth-order valence-electron chi connectivity index (χ4n) is 2.50. The van der Waals surface area contributed by atoms with Crippen molar-refractivity contribution >= 4 is 5.78 Å². The number of carbonyl (C=O) groups is 1. The summed E-state index contributed by atoms with van der Waals surface area (Å²) in [5, 5.41) is 0. The van der Waals surface area contributed by atoms with Crippen molar-refractivity contribution in [3.05, 3.63) is 71.8 Å². The van der Waals surface area contributed by atoms with Crippen molar-refractivity contribution in [2.45, 2.75) is 6.42 Å². The van der Waals surface area contributed by atoms with Gasteiger partial charge in [-0.2, -0.15) is 0 Å². The maximum atomic E-state index is 11.8. The molecule has 0 bridgehead atoms. The van der Waals surface area contributed by atoms with E-state index in [4.69, 9.17) is 0 Å². The molecule has 0 amide bonds. The van der Waals surface area contributed by atoms with E-state index in [1.165, 1.54) is 22.8 Å². The second kappa shape index (κ2) is 3.70. The van der Waals surface area contributed by atoms with Crippen LogP contribution in [0.5, 0.6) is 0 Å². The fraction of sp³-hybridized carbons (Fsp3) is 0.0625. The number of carbonyl (C=O) groups excluding carboxylic acids is 1. The lowest BCUT2D eigenvalue weighted by atomic mass is 9.98. The summed E-state index contributed by atoms with van der Waals surface area (Å²) in [5.41, 5.74) is 5.66. The van der Waals surface area contributed by atoms with E-state index in [1.807, 2.05) is 24.3 Å². The number of benzene rings is 2. The van der Waals surface area contributed by atoms with Gasteiger partial charge < -0.3 is 0 Å². The first kappa shape index (κ1) is 10.0. The van der Waals surface area contributed by atoms with Crippen molar-refractivity contribution in [2.24, 2.45) is 0 Å². The average Bonchev–Trinajstić information content (AvgIpc) is 2.76. The molecule has 2 aromatic carbocycles. The van der Waals surface area contributed by atoms with E-state index in [-0.39, 0.29) is 5.78 Å². The highest BCUT2D eigenvalue weighted by atomic mass is 16.1. The van der Waals surface area contributed by atoms with Crippen molar-refractivity contribution in [1.82, 2.24) is 0 Å². The van der Waals surface area contributed by atoms with Gasteiger partial charge in [-0.3, -0.25) is 4.79 Å². The topological polar surface area (TPSA) is 17.1 Å². The smallest absolute Gasteiger partial charge is 0.185 e. The van der Waals surface area contributed by atoms with Gasteiger partial charge in [-0.15, -0.1) is 0 Å². The lowest BCUT2D eigenvalue weighted by Crippen LogP contribution is -1.99. The summed E-state index contributed by atoms with van der Waals surface area (Å²) in [7, 11) is 0. The highest BCUT2D eigenvalue weighted by Gasteiger charge is 2.21. The second-order valence-electron chi connectivity index (χ2n) is 4.23. The molecule has 1 heteroatoms. The standard InChI is InChI=1S/C16H12O/c1-2-16(17)14-9-5-8-13-12-7-4-3-6-11(12)10-15(13)14/h2-9H,1,10H2. The molecule has 0 saturated carbocycles. The Balaban J connectivity index is 2.24. The van der Waals surface area contributed by atoms with Gasteiger partial charge in [0, 0.05) is 5.56 Å². The van der Waals surface area contributed by atoms with Crippen LogP contribution in [0.1, 0.15) is 21.5 Å². The summed E-state index contributed by atoms with van der Waals surface area (Å²) in [5.74, 6) is 0.00894. The van der Waals surface area contributed by atoms with Gasteiger partial charge in [0.15, 0.2) is 5.78 Å². The van der Waals surface area contributed by atoms with E-state index in [2.05, 4.69) is 24.8 Å². The molecule has 0 saturated heterocycles. The summed E-state index contributed by atoms with van der Waals surface area (Å²) in [6.07, 6.45) is 2.24. The minimum absolute atomic E-state index is 0.00894. The predicted octanol–water partition coefficient (Wildman–Crippen LogP) is 3.63. The zero-order valence-electron chi connectivity index (χ0n) is 9.44. The number of hydrogen-bond acceptors (Lipinski definition) is 1. The van der Waals surface area contributed by atoms with Crippen LogP contribution in [0.4, 0.5) is 0 Å². The number of ketones is 1. The Bertz CT molecular complexity index is 623. The van der Waals surface area contributed by atoms with Gasteiger partial charge in [-0.1, -0.05) is 49.0 Å². The zero-order chi connectivity index (χ0) is 11.8. The van der Waals surface area contributed by atoms with Crippen LogP contribution in [0.2, 0.25) is 0 Å². The molecule has 0 radical (unpaired) electrons. The van der Waals surface area contributed by atoms with Crippen molar-refractivity contribution in [2.75, 3.05) is 0 Å². The van der Waals surface area contributed by atoms with Crippen LogP contribution in [-0.2, 0) is 6.42 Å². The van der Waals surface area contributed by atoms with Crippen LogP contribution in [0.15, 0.2) is 55.1 Å². The molecule has 0 N–H and O–H groups in total. The van der Waals surface area contributed by atoms with Crippen LogP contribution < -0.4 is 0 Å². The lowest BCUT2D eigenvalue weighted by Gasteiger charge is -2.04. The van der Waals surface area contributed by atoms with Crippen LogP contribution in [0.3, 0.4) is 0 Å². The zero-order valence-corrected chi connectivity index (χ0v) is 9.44. The summed E-state index contributed by atoms with van der Waals surface area (Å²) in [4.78, 5) is 11.8. The van der Waals surface area contributed by atoms with E-state index in [0.717, 1.165) is 17.5 Å². The third kappa shape index (κ3) is 1.43. The molecule has 0 aliphatic heterocycles. The number of hydrogen-bond donors (Lipinski definition) is 0. The fourth-order valence-corrected chi connectivity index (χ4v) is 2.50. The predicted molar refractivity (Wildman–Crippen MR) is 69.2 cm³/mol. The largest absolute Gasteiger partial charge is 0.289 e. The van der Waals surface area contributed by atoms with Crippen LogP contribution in [-0.4, -0.2) is 5.78 Å². The molecular weight excluding hydrogens is 208 g/mol. The molecule has 82 valence electrons. The monoisotopic (exact) mass is 220 g/mol. The quantitative estimate of drug-likeness (QED) is 0.476. The molecule has 0 atom stereocenters. The minimum Gasteiger partial charge on any atom is -0.289 e. The highest BCUT2D eigenvalue weighted by Crippen LogP contribution is 2.38. The third-order valence-corrected chi connectivity index (χ3v) is 3.30. The Labute approximate surface area is 100 Å². The van der Waals surface area contributed by atoms with Crippen LogP contribution in [0, 0.1) is 0 Å². The van der Waals surface area contributed by atoms with E-state index in [9.17, 15) is 4.79 Å². The van der Waals surface area contributed by atoms with Gasteiger partial charge in [-0.25, -0.2) is 0 Å². The van der Waals surface area contributed by atoms with Crippen molar-refractivity contribution in [3.63, 3.8) is 0 Å². The second-order valence-corrected chi connectivity index (χ2v) is 4.23. The maximum Gasteiger partial charge on any atom is 0.185 e. The number of allylic oxidation sites excluding steroid dienone is 1. The van der Waals surface area contributed by atoms with Gasteiger partial charge in [0.1, 0.15) is 0 Å². The number of rotatable bonds is 2. The minimum atomic E-state index is 0.00894.